The molecule has 0 aliphatic heterocycles. The molecule has 6 heteroatoms. The predicted molar refractivity (Wildman–Crippen MR) is 104 cm³/mol. The van der Waals surface area contributed by atoms with Crippen molar-refractivity contribution in [3.63, 3.8) is 0 Å². The van der Waals surface area contributed by atoms with Crippen LogP contribution in [0.2, 0.25) is 0 Å². The molecule has 0 bridgehead atoms. The molecule has 28 heavy (non-hydrogen) atoms. The summed E-state index contributed by atoms with van der Waals surface area (Å²) in [5.41, 5.74) is 1.45. The van der Waals surface area contributed by atoms with Crippen LogP contribution < -0.4 is 10.6 Å². The summed E-state index contributed by atoms with van der Waals surface area (Å²) >= 11 is 0. The molecule has 3 aromatic carbocycles. The fourth-order valence-electron chi connectivity index (χ4n) is 2.79. The predicted octanol–water partition coefficient (Wildman–Crippen LogP) is 5.61. The summed E-state index contributed by atoms with van der Waals surface area (Å²) in [6.45, 7) is 0.623. The van der Waals surface area contributed by atoms with Gasteiger partial charge in [-0.3, -0.25) is 4.79 Å². The van der Waals surface area contributed by atoms with E-state index >= 15 is 0 Å². The van der Waals surface area contributed by atoms with Gasteiger partial charge in [0.05, 0.1) is 11.1 Å². The highest BCUT2D eigenvalue weighted by Crippen LogP contribution is 2.31. The average Bonchev–Trinajstić information content (AvgIpc) is 2.69. The molecule has 144 valence electrons. The van der Waals surface area contributed by atoms with Crippen LogP contribution in [0, 0.1) is 0 Å². The van der Waals surface area contributed by atoms with Crippen LogP contribution in [0.5, 0.6) is 0 Å². The number of anilines is 2. The van der Waals surface area contributed by atoms with Gasteiger partial charge in [-0.25, -0.2) is 0 Å². The molecule has 0 spiro atoms. The monoisotopic (exact) mass is 384 g/mol. The van der Waals surface area contributed by atoms with Crippen molar-refractivity contribution in [2.75, 3.05) is 17.2 Å². The third kappa shape index (κ3) is 5.13. The van der Waals surface area contributed by atoms with E-state index in [0.717, 1.165) is 18.6 Å². The van der Waals surface area contributed by atoms with Gasteiger partial charge in [-0.15, -0.1) is 0 Å². The first-order valence-corrected chi connectivity index (χ1v) is 8.79. The Balaban J connectivity index is 1.69. The Morgan fingerprint density at radius 2 is 1.57 bits per heavy atom. The van der Waals surface area contributed by atoms with E-state index in [9.17, 15) is 18.0 Å². The molecule has 0 saturated carbocycles. The zero-order valence-corrected chi connectivity index (χ0v) is 15.0. The van der Waals surface area contributed by atoms with Gasteiger partial charge < -0.3 is 10.6 Å². The van der Waals surface area contributed by atoms with Crippen LogP contribution in [0.3, 0.4) is 0 Å². The first-order valence-electron chi connectivity index (χ1n) is 8.79. The number of hydrogen-bond acceptors (Lipinski definition) is 2. The molecule has 0 aliphatic carbocycles. The molecule has 3 rings (SSSR count). The number of hydrogen-bond donors (Lipinski definition) is 2. The van der Waals surface area contributed by atoms with E-state index in [1.807, 2.05) is 30.3 Å². The zero-order chi connectivity index (χ0) is 20.0. The molecule has 0 saturated heterocycles. The minimum absolute atomic E-state index is 0.0962. The Morgan fingerprint density at radius 3 is 2.32 bits per heavy atom. The smallest absolute Gasteiger partial charge is 0.384 e. The molecule has 0 atom stereocenters. The van der Waals surface area contributed by atoms with Crippen molar-refractivity contribution in [1.29, 1.82) is 0 Å². The van der Waals surface area contributed by atoms with Crippen molar-refractivity contribution < 1.29 is 18.0 Å². The molecular formula is C22H19F3N2O. The van der Waals surface area contributed by atoms with E-state index in [4.69, 9.17) is 0 Å². The van der Waals surface area contributed by atoms with Gasteiger partial charge in [0, 0.05) is 17.9 Å². The van der Waals surface area contributed by atoms with Gasteiger partial charge in [0.1, 0.15) is 0 Å². The van der Waals surface area contributed by atoms with Crippen LogP contribution in [0.4, 0.5) is 24.5 Å². The molecule has 0 aromatic heterocycles. The van der Waals surface area contributed by atoms with Crippen LogP contribution in [0.15, 0.2) is 78.9 Å². The lowest BCUT2D eigenvalue weighted by atomic mass is 10.1. The number of carbonyl (C=O) groups is 1. The standard InChI is InChI=1S/C22H19F3N2O/c23-22(24,25)17-9-6-10-18(15-17)27-21(28)19-11-4-5-12-20(19)26-14-13-16-7-2-1-3-8-16/h1-12,15,26H,13-14H2,(H,27,28). The van der Waals surface area contributed by atoms with Crippen LogP contribution in [0.1, 0.15) is 21.5 Å². The number of alkyl halides is 3. The molecule has 2 N–H and O–H groups in total. The van der Waals surface area contributed by atoms with Crippen molar-refractivity contribution in [2.24, 2.45) is 0 Å². The maximum Gasteiger partial charge on any atom is 0.416 e. The number of nitrogens with one attached hydrogen (secondary N) is 2. The second-order valence-electron chi connectivity index (χ2n) is 6.24. The van der Waals surface area contributed by atoms with Crippen LogP contribution in [-0.2, 0) is 12.6 Å². The lowest BCUT2D eigenvalue weighted by Crippen LogP contribution is -2.16. The van der Waals surface area contributed by atoms with Crippen molar-refractivity contribution in [3.05, 3.63) is 95.6 Å². The summed E-state index contributed by atoms with van der Waals surface area (Å²) in [5, 5.41) is 5.76. The zero-order valence-electron chi connectivity index (χ0n) is 15.0. The van der Waals surface area contributed by atoms with Gasteiger partial charge in [0.25, 0.3) is 5.91 Å². The van der Waals surface area contributed by atoms with Crippen molar-refractivity contribution >= 4 is 17.3 Å². The van der Waals surface area contributed by atoms with Gasteiger partial charge in [-0.05, 0) is 42.3 Å². The summed E-state index contributed by atoms with van der Waals surface area (Å²) in [6.07, 6.45) is -3.68. The molecule has 0 fully saturated rings. The molecule has 0 aliphatic rings. The summed E-state index contributed by atoms with van der Waals surface area (Å²) in [7, 11) is 0. The molecule has 0 unspecified atom stereocenters. The van der Waals surface area contributed by atoms with Gasteiger partial charge >= 0.3 is 6.18 Å². The summed E-state index contributed by atoms with van der Waals surface area (Å²) in [4.78, 5) is 12.6. The Hall–Kier alpha value is -3.28. The topological polar surface area (TPSA) is 41.1 Å². The van der Waals surface area contributed by atoms with Gasteiger partial charge in [0.15, 0.2) is 0 Å². The van der Waals surface area contributed by atoms with Crippen molar-refractivity contribution in [1.82, 2.24) is 0 Å². The van der Waals surface area contributed by atoms with Crippen LogP contribution in [-0.4, -0.2) is 12.5 Å². The van der Waals surface area contributed by atoms with E-state index in [-0.39, 0.29) is 5.69 Å². The number of para-hydroxylation sites is 1. The quantitative estimate of drug-likeness (QED) is 0.580. The highest BCUT2D eigenvalue weighted by Gasteiger charge is 2.30. The maximum absolute atomic E-state index is 12.8. The highest BCUT2D eigenvalue weighted by molar-refractivity contribution is 6.08. The Labute approximate surface area is 161 Å². The number of carbonyl (C=O) groups excluding carboxylic acids is 1. The number of halogens is 3. The minimum Gasteiger partial charge on any atom is -0.384 e. The SMILES string of the molecule is O=C(Nc1cccc(C(F)(F)F)c1)c1ccccc1NCCc1ccccc1. The van der Waals surface area contributed by atoms with Crippen molar-refractivity contribution in [3.8, 4) is 0 Å². The van der Waals surface area contributed by atoms with E-state index < -0.39 is 17.6 Å². The number of benzene rings is 3. The van der Waals surface area contributed by atoms with E-state index in [2.05, 4.69) is 10.6 Å². The molecular weight excluding hydrogens is 365 g/mol. The van der Waals surface area contributed by atoms with Gasteiger partial charge in [-0.1, -0.05) is 48.5 Å². The molecule has 0 radical (unpaired) electrons. The fraction of sp³-hybridized carbons (Fsp3) is 0.136. The molecule has 1 amide bonds. The number of amides is 1. The lowest BCUT2D eigenvalue weighted by molar-refractivity contribution is -0.137. The van der Waals surface area contributed by atoms with E-state index in [0.29, 0.717) is 17.8 Å². The fourth-order valence-corrected chi connectivity index (χ4v) is 2.79. The normalized spacial score (nSPS) is 11.1. The Morgan fingerprint density at radius 1 is 0.857 bits per heavy atom. The third-order valence-electron chi connectivity index (χ3n) is 4.19. The summed E-state index contributed by atoms with van der Waals surface area (Å²) in [6, 6.07) is 21.4. The van der Waals surface area contributed by atoms with E-state index in [1.54, 1.807) is 24.3 Å². The second kappa shape index (κ2) is 8.61. The van der Waals surface area contributed by atoms with Crippen molar-refractivity contribution in [2.45, 2.75) is 12.6 Å². The first kappa shape index (κ1) is 19.5. The summed E-state index contributed by atoms with van der Waals surface area (Å²) < 4.78 is 38.5. The van der Waals surface area contributed by atoms with Gasteiger partial charge in [0.2, 0.25) is 0 Å². The van der Waals surface area contributed by atoms with Crippen LogP contribution >= 0.6 is 0 Å². The Kier molecular flexibility index (Phi) is 5.99. The number of rotatable bonds is 6. The largest absolute Gasteiger partial charge is 0.416 e. The molecule has 0 heterocycles. The summed E-state index contributed by atoms with van der Waals surface area (Å²) in [5.74, 6) is -0.470. The van der Waals surface area contributed by atoms with Crippen LogP contribution in [0.25, 0.3) is 0 Å². The highest BCUT2D eigenvalue weighted by atomic mass is 19.4. The first-order chi connectivity index (χ1) is 13.4. The average molecular weight is 384 g/mol. The maximum atomic E-state index is 12.8. The Bertz CT molecular complexity index is 940. The third-order valence-corrected chi connectivity index (χ3v) is 4.19. The molecule has 3 aromatic rings. The lowest BCUT2D eigenvalue weighted by Gasteiger charge is -2.13. The minimum atomic E-state index is -4.46. The molecule has 3 nitrogen and oxygen atoms in total. The van der Waals surface area contributed by atoms with E-state index in [1.165, 1.54) is 17.7 Å². The van der Waals surface area contributed by atoms with Gasteiger partial charge in [-0.2, -0.15) is 13.2 Å². The second-order valence-corrected chi connectivity index (χ2v) is 6.24.